The van der Waals surface area contributed by atoms with Crippen LogP contribution in [-0.2, 0) is 27.4 Å². The lowest BCUT2D eigenvalue weighted by atomic mass is 10.0. The number of esters is 1. The number of amides is 1. The highest BCUT2D eigenvalue weighted by Crippen LogP contribution is 2.16. The van der Waals surface area contributed by atoms with Crippen LogP contribution in [0, 0.1) is 0 Å². The standard InChI is InChI=1S/C20H24N2O4.CH5NO/c1-20(2,3)26-19(24)15-9-10-18(22-12-15)25-13-16-8-6-5-7-14(16)11-17(23)21-4;1-3-2/h5-10,12H,11,13H2,1-4H3,(H,21,23);2H2,1H3. The summed E-state index contributed by atoms with van der Waals surface area (Å²) in [4.78, 5) is 31.5. The fourth-order valence-electron chi connectivity index (χ4n) is 2.21. The summed E-state index contributed by atoms with van der Waals surface area (Å²) in [6, 6.07) is 10.8. The molecule has 2 aromatic rings. The van der Waals surface area contributed by atoms with Crippen molar-refractivity contribution in [2.45, 2.75) is 39.4 Å². The molecule has 29 heavy (non-hydrogen) atoms. The summed E-state index contributed by atoms with van der Waals surface area (Å²) < 4.78 is 11.0. The second-order valence-electron chi connectivity index (χ2n) is 7.03. The van der Waals surface area contributed by atoms with Gasteiger partial charge in [-0.1, -0.05) is 24.3 Å². The van der Waals surface area contributed by atoms with Crippen LogP contribution in [-0.4, -0.2) is 36.6 Å². The van der Waals surface area contributed by atoms with E-state index < -0.39 is 11.6 Å². The Morgan fingerprint density at radius 3 is 2.24 bits per heavy atom. The largest absolute Gasteiger partial charge is 0.473 e. The number of pyridine rings is 1. The van der Waals surface area contributed by atoms with Gasteiger partial charge in [-0.2, -0.15) is 0 Å². The quantitative estimate of drug-likeness (QED) is 0.562. The number of nitrogens with zero attached hydrogens (tertiary/aromatic N) is 1. The number of nitrogens with one attached hydrogen (secondary N) is 1. The fourth-order valence-corrected chi connectivity index (χ4v) is 2.21. The number of likely N-dealkylation sites (N-methyl/N-ethyl adjacent to an activating group) is 1. The van der Waals surface area contributed by atoms with Crippen LogP contribution in [0.5, 0.6) is 5.88 Å². The van der Waals surface area contributed by atoms with E-state index in [2.05, 4.69) is 21.0 Å². The number of carbonyl (C=O) groups excluding carboxylic acids is 2. The molecule has 0 saturated carbocycles. The summed E-state index contributed by atoms with van der Waals surface area (Å²) in [6.07, 6.45) is 1.72. The number of aromatic nitrogens is 1. The van der Waals surface area contributed by atoms with Crippen molar-refractivity contribution in [2.24, 2.45) is 5.90 Å². The first-order chi connectivity index (χ1) is 13.7. The molecular formula is C21H29N3O5. The SMILES string of the molecule is CNC(=O)Cc1ccccc1COc1ccc(C(=O)OC(C)(C)C)cn1.CON. The van der Waals surface area contributed by atoms with Gasteiger partial charge < -0.3 is 19.6 Å². The average Bonchev–Trinajstić information content (AvgIpc) is 2.67. The van der Waals surface area contributed by atoms with Crippen molar-refractivity contribution >= 4 is 11.9 Å². The zero-order valence-corrected chi connectivity index (χ0v) is 17.5. The van der Waals surface area contributed by atoms with Gasteiger partial charge >= 0.3 is 5.97 Å². The van der Waals surface area contributed by atoms with E-state index in [1.54, 1.807) is 19.2 Å². The lowest BCUT2D eigenvalue weighted by Gasteiger charge is -2.19. The van der Waals surface area contributed by atoms with Gasteiger partial charge in [0.1, 0.15) is 12.2 Å². The van der Waals surface area contributed by atoms with Gasteiger partial charge in [-0.15, -0.1) is 0 Å². The molecule has 2 rings (SSSR count). The van der Waals surface area contributed by atoms with Crippen LogP contribution in [0.25, 0.3) is 0 Å². The molecule has 0 unspecified atom stereocenters. The predicted octanol–water partition coefficient (Wildman–Crippen LogP) is 2.41. The molecule has 1 amide bonds. The zero-order chi connectivity index (χ0) is 21.9. The first-order valence-corrected chi connectivity index (χ1v) is 9.02. The Morgan fingerprint density at radius 1 is 1.10 bits per heavy atom. The van der Waals surface area contributed by atoms with Crippen LogP contribution < -0.4 is 16.0 Å². The Balaban J connectivity index is 0.00000132. The van der Waals surface area contributed by atoms with Gasteiger partial charge in [0.2, 0.25) is 11.8 Å². The molecule has 1 aromatic heterocycles. The Morgan fingerprint density at radius 2 is 1.72 bits per heavy atom. The van der Waals surface area contributed by atoms with Crippen molar-refractivity contribution in [3.63, 3.8) is 0 Å². The Labute approximate surface area is 171 Å². The zero-order valence-electron chi connectivity index (χ0n) is 17.5. The molecule has 0 aliphatic heterocycles. The Bertz CT molecular complexity index is 786. The van der Waals surface area contributed by atoms with E-state index in [4.69, 9.17) is 9.47 Å². The molecule has 0 bridgehead atoms. The minimum atomic E-state index is -0.555. The molecule has 1 aromatic carbocycles. The van der Waals surface area contributed by atoms with Crippen LogP contribution >= 0.6 is 0 Å². The minimum absolute atomic E-state index is 0.0581. The number of benzene rings is 1. The van der Waals surface area contributed by atoms with Crippen LogP contribution in [0.3, 0.4) is 0 Å². The molecule has 0 radical (unpaired) electrons. The molecule has 1 heterocycles. The molecule has 3 N–H and O–H groups in total. The number of hydrogen-bond acceptors (Lipinski definition) is 7. The second kappa shape index (κ2) is 11.8. The van der Waals surface area contributed by atoms with Crippen LogP contribution in [0.4, 0.5) is 0 Å². The number of hydrogen-bond donors (Lipinski definition) is 2. The fraction of sp³-hybridized carbons (Fsp3) is 0.381. The van der Waals surface area contributed by atoms with Gasteiger partial charge in [-0.05, 0) is 38.0 Å². The van der Waals surface area contributed by atoms with Crippen molar-refractivity contribution < 1.29 is 23.9 Å². The molecule has 8 heteroatoms. The van der Waals surface area contributed by atoms with Crippen LogP contribution in [0.1, 0.15) is 42.3 Å². The third-order valence-electron chi connectivity index (χ3n) is 3.49. The predicted molar refractivity (Wildman–Crippen MR) is 109 cm³/mol. The van der Waals surface area contributed by atoms with Crippen molar-refractivity contribution in [1.29, 1.82) is 0 Å². The molecule has 8 nitrogen and oxygen atoms in total. The van der Waals surface area contributed by atoms with Gasteiger partial charge in [-0.3, -0.25) is 4.79 Å². The van der Waals surface area contributed by atoms with E-state index in [1.807, 2.05) is 45.0 Å². The lowest BCUT2D eigenvalue weighted by Crippen LogP contribution is -2.23. The van der Waals surface area contributed by atoms with Crippen LogP contribution in [0.2, 0.25) is 0 Å². The minimum Gasteiger partial charge on any atom is -0.473 e. The van der Waals surface area contributed by atoms with Gasteiger partial charge in [0, 0.05) is 19.3 Å². The lowest BCUT2D eigenvalue weighted by molar-refractivity contribution is -0.119. The van der Waals surface area contributed by atoms with Gasteiger partial charge in [0.05, 0.1) is 19.1 Å². The van der Waals surface area contributed by atoms with Crippen molar-refractivity contribution in [3.8, 4) is 5.88 Å². The molecule has 0 atom stereocenters. The summed E-state index contributed by atoms with van der Waals surface area (Å²) in [5, 5.41) is 2.61. The maximum Gasteiger partial charge on any atom is 0.340 e. The van der Waals surface area contributed by atoms with Crippen LogP contribution in [0.15, 0.2) is 42.6 Å². The monoisotopic (exact) mass is 403 g/mol. The molecule has 0 aliphatic carbocycles. The van der Waals surface area contributed by atoms with Gasteiger partial charge in [0.15, 0.2) is 0 Å². The summed E-state index contributed by atoms with van der Waals surface area (Å²) in [5.41, 5.74) is 1.62. The van der Waals surface area contributed by atoms with Crippen molar-refractivity contribution in [3.05, 3.63) is 59.3 Å². The number of carbonyl (C=O) groups is 2. The normalized spacial score (nSPS) is 10.4. The van der Waals surface area contributed by atoms with E-state index in [-0.39, 0.29) is 12.5 Å². The highest BCUT2D eigenvalue weighted by atomic mass is 16.6. The maximum absolute atomic E-state index is 12.0. The van der Waals surface area contributed by atoms with E-state index in [1.165, 1.54) is 13.3 Å². The molecule has 0 aliphatic rings. The second-order valence-corrected chi connectivity index (χ2v) is 7.03. The Hall–Kier alpha value is -2.97. The van der Waals surface area contributed by atoms with E-state index in [0.717, 1.165) is 11.1 Å². The number of ether oxygens (including phenoxy) is 2. The third kappa shape index (κ3) is 9.18. The van der Waals surface area contributed by atoms with Crippen molar-refractivity contribution in [2.75, 3.05) is 14.2 Å². The van der Waals surface area contributed by atoms with Gasteiger partial charge in [-0.25, -0.2) is 15.7 Å². The van der Waals surface area contributed by atoms with E-state index >= 15 is 0 Å². The molecule has 0 fully saturated rings. The first-order valence-electron chi connectivity index (χ1n) is 9.02. The third-order valence-corrected chi connectivity index (χ3v) is 3.49. The highest BCUT2D eigenvalue weighted by molar-refractivity contribution is 5.89. The molecular weight excluding hydrogens is 374 g/mol. The molecule has 0 saturated heterocycles. The summed E-state index contributed by atoms with van der Waals surface area (Å²) in [6.45, 7) is 5.72. The number of nitrogens with two attached hydrogens (primary N) is 1. The maximum atomic E-state index is 12.0. The smallest absolute Gasteiger partial charge is 0.340 e. The number of rotatable bonds is 6. The van der Waals surface area contributed by atoms with E-state index in [0.29, 0.717) is 17.9 Å². The highest BCUT2D eigenvalue weighted by Gasteiger charge is 2.18. The first kappa shape index (κ1) is 24.1. The summed E-state index contributed by atoms with van der Waals surface area (Å²) >= 11 is 0. The van der Waals surface area contributed by atoms with Crippen molar-refractivity contribution in [1.82, 2.24) is 10.3 Å². The average molecular weight is 403 g/mol. The summed E-state index contributed by atoms with van der Waals surface area (Å²) in [7, 11) is 3.01. The molecule has 0 spiro atoms. The Kier molecular flexibility index (Phi) is 9.78. The summed E-state index contributed by atoms with van der Waals surface area (Å²) in [5.74, 6) is 4.26. The van der Waals surface area contributed by atoms with E-state index in [9.17, 15) is 9.59 Å². The topological polar surface area (TPSA) is 113 Å². The van der Waals surface area contributed by atoms with Gasteiger partial charge in [0.25, 0.3) is 0 Å². The molecule has 158 valence electrons.